The molecule has 0 spiro atoms. The molecule has 2 saturated carbocycles. The summed E-state index contributed by atoms with van der Waals surface area (Å²) in [6, 6.07) is 0.760. The lowest BCUT2D eigenvalue weighted by molar-refractivity contribution is 0.107. The number of nitrogens with one attached hydrogen (secondary N) is 1. The van der Waals surface area contributed by atoms with Gasteiger partial charge in [-0.1, -0.05) is 26.7 Å². The normalized spacial score (nSPS) is 37.3. The molecule has 0 aromatic carbocycles. The maximum Gasteiger partial charge on any atom is 0.0540 e. The van der Waals surface area contributed by atoms with Crippen molar-refractivity contribution < 1.29 is 5.11 Å². The molecule has 0 saturated heterocycles. The largest absolute Gasteiger partial charge is 0.393 e. The number of aliphatic hydroxyl groups excluding tert-OH is 1. The predicted molar refractivity (Wildman–Crippen MR) is 81.2 cm³/mol. The number of rotatable bonds is 4. The molecule has 2 heteroatoms. The maximum absolute atomic E-state index is 9.54. The van der Waals surface area contributed by atoms with E-state index in [2.05, 4.69) is 19.2 Å². The Bertz CT molecular complexity index is 246. The Labute approximate surface area is 119 Å². The highest BCUT2D eigenvalue weighted by atomic mass is 16.3. The topological polar surface area (TPSA) is 32.3 Å². The molecule has 2 unspecified atom stereocenters. The van der Waals surface area contributed by atoms with E-state index in [0.29, 0.717) is 0 Å². The minimum atomic E-state index is -0.0130. The molecule has 0 amide bonds. The van der Waals surface area contributed by atoms with Gasteiger partial charge in [-0.05, 0) is 69.2 Å². The van der Waals surface area contributed by atoms with Crippen molar-refractivity contribution in [1.82, 2.24) is 5.32 Å². The molecule has 0 aromatic rings. The zero-order valence-corrected chi connectivity index (χ0v) is 12.9. The fourth-order valence-corrected chi connectivity index (χ4v) is 3.88. The highest BCUT2D eigenvalue weighted by molar-refractivity contribution is 4.79. The highest BCUT2D eigenvalue weighted by Crippen LogP contribution is 2.29. The van der Waals surface area contributed by atoms with E-state index < -0.39 is 0 Å². The molecule has 2 fully saturated rings. The van der Waals surface area contributed by atoms with Gasteiger partial charge in [-0.2, -0.15) is 0 Å². The molecule has 2 aliphatic rings. The van der Waals surface area contributed by atoms with E-state index in [0.717, 1.165) is 36.6 Å². The summed E-state index contributed by atoms with van der Waals surface area (Å²) in [6.07, 6.45) is 11.5. The Morgan fingerprint density at radius 3 is 2.37 bits per heavy atom. The van der Waals surface area contributed by atoms with Crippen molar-refractivity contribution >= 4 is 0 Å². The van der Waals surface area contributed by atoms with E-state index in [1.165, 1.54) is 51.5 Å². The second kappa shape index (κ2) is 7.64. The Morgan fingerprint density at radius 2 is 1.68 bits per heavy atom. The van der Waals surface area contributed by atoms with Crippen LogP contribution >= 0.6 is 0 Å². The van der Waals surface area contributed by atoms with Crippen LogP contribution in [0, 0.1) is 17.8 Å². The Balaban J connectivity index is 1.66. The average molecular weight is 267 g/mol. The first-order valence-corrected chi connectivity index (χ1v) is 8.56. The molecule has 2 rings (SSSR count). The van der Waals surface area contributed by atoms with Crippen molar-refractivity contribution in [2.45, 2.75) is 83.8 Å². The summed E-state index contributed by atoms with van der Waals surface area (Å²) in [5.41, 5.74) is 0. The summed E-state index contributed by atoms with van der Waals surface area (Å²) < 4.78 is 0. The lowest BCUT2D eigenvalue weighted by Crippen LogP contribution is -2.35. The first-order chi connectivity index (χ1) is 9.15. The van der Waals surface area contributed by atoms with Gasteiger partial charge >= 0.3 is 0 Å². The van der Waals surface area contributed by atoms with Crippen LogP contribution in [0.1, 0.15) is 71.6 Å². The zero-order chi connectivity index (χ0) is 13.7. The van der Waals surface area contributed by atoms with Crippen molar-refractivity contribution in [3.63, 3.8) is 0 Å². The summed E-state index contributed by atoms with van der Waals surface area (Å²) in [5.74, 6) is 2.63. The number of aliphatic hydroxyl groups is 1. The highest BCUT2D eigenvalue weighted by Gasteiger charge is 2.23. The smallest absolute Gasteiger partial charge is 0.0540 e. The second-order valence-electron chi connectivity index (χ2n) is 7.29. The average Bonchev–Trinajstić information content (AvgIpc) is 2.63. The van der Waals surface area contributed by atoms with Gasteiger partial charge in [-0.15, -0.1) is 0 Å². The summed E-state index contributed by atoms with van der Waals surface area (Å²) in [5, 5.41) is 13.4. The van der Waals surface area contributed by atoms with Crippen LogP contribution in [-0.2, 0) is 0 Å². The first-order valence-electron chi connectivity index (χ1n) is 8.56. The van der Waals surface area contributed by atoms with Crippen LogP contribution in [0.2, 0.25) is 0 Å². The lowest BCUT2D eigenvalue weighted by Gasteiger charge is -2.27. The molecule has 0 aliphatic heterocycles. The van der Waals surface area contributed by atoms with E-state index in [9.17, 15) is 5.11 Å². The van der Waals surface area contributed by atoms with Crippen molar-refractivity contribution in [3.8, 4) is 0 Å². The SMILES string of the molecule is CC(C)C1CCCC(NCC2CCC(O)CC2)CC1. The summed E-state index contributed by atoms with van der Waals surface area (Å²) in [6.45, 7) is 5.95. The number of hydrogen-bond donors (Lipinski definition) is 2. The van der Waals surface area contributed by atoms with Gasteiger partial charge < -0.3 is 10.4 Å². The van der Waals surface area contributed by atoms with Gasteiger partial charge in [-0.25, -0.2) is 0 Å². The lowest BCUT2D eigenvalue weighted by atomic mass is 9.87. The fourth-order valence-electron chi connectivity index (χ4n) is 3.88. The summed E-state index contributed by atoms with van der Waals surface area (Å²) in [7, 11) is 0. The van der Waals surface area contributed by atoms with Gasteiger partial charge in [0.25, 0.3) is 0 Å². The Morgan fingerprint density at radius 1 is 0.947 bits per heavy atom. The van der Waals surface area contributed by atoms with E-state index in [1.54, 1.807) is 0 Å². The third-order valence-electron chi connectivity index (χ3n) is 5.47. The van der Waals surface area contributed by atoms with Crippen molar-refractivity contribution in [3.05, 3.63) is 0 Å². The standard InChI is InChI=1S/C17H33NO/c1-13(2)15-4-3-5-16(9-8-15)18-12-14-6-10-17(19)11-7-14/h13-19H,3-12H2,1-2H3. The molecule has 0 heterocycles. The third kappa shape index (κ3) is 5.07. The summed E-state index contributed by atoms with van der Waals surface area (Å²) in [4.78, 5) is 0. The van der Waals surface area contributed by atoms with E-state index in [1.807, 2.05) is 0 Å². The number of hydrogen-bond acceptors (Lipinski definition) is 2. The molecule has 2 nitrogen and oxygen atoms in total. The van der Waals surface area contributed by atoms with Gasteiger partial charge in [0.1, 0.15) is 0 Å². The molecular formula is C17H33NO. The minimum Gasteiger partial charge on any atom is -0.393 e. The molecule has 112 valence electrons. The van der Waals surface area contributed by atoms with Crippen molar-refractivity contribution in [1.29, 1.82) is 0 Å². The Kier molecular flexibility index (Phi) is 6.15. The first kappa shape index (κ1) is 15.3. The van der Waals surface area contributed by atoms with Gasteiger partial charge in [0, 0.05) is 6.04 Å². The minimum absolute atomic E-state index is 0.0130. The second-order valence-corrected chi connectivity index (χ2v) is 7.29. The molecule has 0 bridgehead atoms. The van der Waals surface area contributed by atoms with Gasteiger partial charge in [0.15, 0.2) is 0 Å². The van der Waals surface area contributed by atoms with Crippen LogP contribution in [0.5, 0.6) is 0 Å². The van der Waals surface area contributed by atoms with Crippen LogP contribution in [0.25, 0.3) is 0 Å². The van der Waals surface area contributed by atoms with Crippen LogP contribution in [-0.4, -0.2) is 23.8 Å². The molecule has 2 atom stereocenters. The van der Waals surface area contributed by atoms with Gasteiger partial charge in [0.2, 0.25) is 0 Å². The van der Waals surface area contributed by atoms with E-state index in [-0.39, 0.29) is 6.10 Å². The monoisotopic (exact) mass is 267 g/mol. The predicted octanol–water partition coefficient (Wildman–Crippen LogP) is 3.73. The van der Waals surface area contributed by atoms with Crippen molar-refractivity contribution in [2.24, 2.45) is 17.8 Å². The van der Waals surface area contributed by atoms with Crippen LogP contribution in [0.3, 0.4) is 0 Å². The van der Waals surface area contributed by atoms with Crippen LogP contribution in [0.15, 0.2) is 0 Å². The van der Waals surface area contributed by atoms with Gasteiger partial charge in [0.05, 0.1) is 6.10 Å². The maximum atomic E-state index is 9.54. The molecule has 2 N–H and O–H groups in total. The van der Waals surface area contributed by atoms with Gasteiger partial charge in [-0.3, -0.25) is 0 Å². The molecule has 0 aromatic heterocycles. The van der Waals surface area contributed by atoms with E-state index in [4.69, 9.17) is 0 Å². The summed E-state index contributed by atoms with van der Waals surface area (Å²) >= 11 is 0. The quantitative estimate of drug-likeness (QED) is 0.761. The van der Waals surface area contributed by atoms with Crippen molar-refractivity contribution in [2.75, 3.05) is 6.54 Å². The zero-order valence-electron chi connectivity index (χ0n) is 12.9. The third-order valence-corrected chi connectivity index (χ3v) is 5.47. The fraction of sp³-hybridized carbons (Fsp3) is 1.00. The Hall–Kier alpha value is -0.0800. The van der Waals surface area contributed by atoms with E-state index >= 15 is 0 Å². The van der Waals surface area contributed by atoms with Crippen LogP contribution in [0.4, 0.5) is 0 Å². The molecule has 0 radical (unpaired) electrons. The molecule has 19 heavy (non-hydrogen) atoms. The van der Waals surface area contributed by atoms with Crippen LogP contribution < -0.4 is 5.32 Å². The molecule has 2 aliphatic carbocycles. The molecular weight excluding hydrogens is 234 g/mol.